The molecule has 0 spiro atoms. The summed E-state index contributed by atoms with van der Waals surface area (Å²) >= 11 is 0. The molecule has 0 heterocycles. The number of carbonyl (C=O) groups excluding carboxylic acids is 2. The van der Waals surface area contributed by atoms with Crippen LogP contribution in [0.5, 0.6) is 0 Å². The molecule has 3 N–H and O–H groups in total. The number of nitrogens with two attached hydrogens (primary N) is 1. The maximum absolute atomic E-state index is 11.6. The zero-order valence-corrected chi connectivity index (χ0v) is 10.2. The van der Waals surface area contributed by atoms with E-state index in [4.69, 9.17) is 10.5 Å². The van der Waals surface area contributed by atoms with Gasteiger partial charge in [0.15, 0.2) is 0 Å². The summed E-state index contributed by atoms with van der Waals surface area (Å²) in [7, 11) is 3.02. The maximum atomic E-state index is 11.6. The van der Waals surface area contributed by atoms with Crippen LogP contribution in [0.25, 0.3) is 0 Å². The van der Waals surface area contributed by atoms with Gasteiger partial charge in [-0.05, 0) is 6.42 Å². The normalized spacial score (nSPS) is 12.0. The van der Waals surface area contributed by atoms with Crippen LogP contribution in [-0.4, -0.2) is 56.6 Å². The van der Waals surface area contributed by atoms with Gasteiger partial charge in [-0.1, -0.05) is 6.92 Å². The number of carbonyl (C=O) groups is 2. The summed E-state index contributed by atoms with van der Waals surface area (Å²) in [5.41, 5.74) is 5.56. The minimum Gasteiger partial charge on any atom is -0.383 e. The second-order valence-corrected chi connectivity index (χ2v) is 3.61. The molecule has 0 aromatic heterocycles. The first-order chi connectivity index (χ1) is 7.52. The van der Waals surface area contributed by atoms with Crippen molar-refractivity contribution in [2.45, 2.75) is 19.4 Å². The van der Waals surface area contributed by atoms with Gasteiger partial charge in [-0.15, -0.1) is 0 Å². The van der Waals surface area contributed by atoms with E-state index in [1.165, 1.54) is 12.0 Å². The van der Waals surface area contributed by atoms with Crippen molar-refractivity contribution in [3.63, 3.8) is 0 Å². The number of hydrogen-bond donors (Lipinski definition) is 2. The molecule has 1 unspecified atom stereocenters. The van der Waals surface area contributed by atoms with Crippen LogP contribution in [0.1, 0.15) is 13.3 Å². The summed E-state index contributed by atoms with van der Waals surface area (Å²) in [6, 6.07) is -0.714. The molecular weight excluding hydrogens is 210 g/mol. The molecule has 16 heavy (non-hydrogen) atoms. The number of hydrogen-bond acceptors (Lipinski definition) is 4. The third kappa shape index (κ3) is 5.67. The van der Waals surface area contributed by atoms with Gasteiger partial charge in [0.25, 0.3) is 0 Å². The second kappa shape index (κ2) is 8.06. The van der Waals surface area contributed by atoms with E-state index in [1.54, 1.807) is 7.05 Å². The maximum Gasteiger partial charge on any atom is 0.242 e. The number of likely N-dealkylation sites (N-methyl/N-ethyl adjacent to an activating group) is 1. The largest absolute Gasteiger partial charge is 0.383 e. The summed E-state index contributed by atoms with van der Waals surface area (Å²) in [5, 5.41) is 2.68. The van der Waals surface area contributed by atoms with Crippen molar-refractivity contribution >= 4 is 11.8 Å². The first-order valence-electron chi connectivity index (χ1n) is 5.29. The van der Waals surface area contributed by atoms with Crippen molar-refractivity contribution in [3.8, 4) is 0 Å². The van der Waals surface area contributed by atoms with Crippen LogP contribution in [0, 0.1) is 0 Å². The second-order valence-electron chi connectivity index (χ2n) is 3.61. The van der Waals surface area contributed by atoms with Crippen LogP contribution in [-0.2, 0) is 14.3 Å². The van der Waals surface area contributed by atoms with Gasteiger partial charge < -0.3 is 20.7 Å². The summed E-state index contributed by atoms with van der Waals surface area (Å²) in [6.45, 7) is 2.75. The van der Waals surface area contributed by atoms with E-state index in [2.05, 4.69) is 5.32 Å². The average molecular weight is 231 g/mol. The SMILES string of the molecule is CCCNC(=O)CN(C)C(=O)C(N)COC. The zero-order chi connectivity index (χ0) is 12.6. The third-order valence-electron chi connectivity index (χ3n) is 1.99. The minimum atomic E-state index is -0.714. The van der Waals surface area contributed by atoms with Gasteiger partial charge in [-0.3, -0.25) is 9.59 Å². The van der Waals surface area contributed by atoms with Gasteiger partial charge in [0, 0.05) is 20.7 Å². The molecule has 0 saturated carbocycles. The number of ether oxygens (including phenoxy) is 1. The molecule has 6 heteroatoms. The number of rotatable bonds is 7. The lowest BCUT2D eigenvalue weighted by Gasteiger charge is -2.20. The molecule has 0 aliphatic heterocycles. The number of methoxy groups -OCH3 is 1. The minimum absolute atomic E-state index is 0.0241. The lowest BCUT2D eigenvalue weighted by atomic mass is 10.3. The highest BCUT2D eigenvalue weighted by molar-refractivity contribution is 5.87. The van der Waals surface area contributed by atoms with E-state index < -0.39 is 6.04 Å². The highest BCUT2D eigenvalue weighted by Crippen LogP contribution is 1.91. The highest BCUT2D eigenvalue weighted by atomic mass is 16.5. The summed E-state index contributed by atoms with van der Waals surface area (Å²) in [6.07, 6.45) is 0.868. The van der Waals surface area contributed by atoms with Crippen molar-refractivity contribution in [2.75, 3.05) is 33.9 Å². The fourth-order valence-corrected chi connectivity index (χ4v) is 1.15. The topological polar surface area (TPSA) is 84.7 Å². The van der Waals surface area contributed by atoms with Crippen molar-refractivity contribution in [3.05, 3.63) is 0 Å². The molecule has 94 valence electrons. The molecule has 6 nitrogen and oxygen atoms in total. The molecule has 0 saturated heterocycles. The average Bonchev–Trinajstić information content (AvgIpc) is 2.25. The van der Waals surface area contributed by atoms with Crippen LogP contribution in [0.3, 0.4) is 0 Å². The van der Waals surface area contributed by atoms with Crippen molar-refractivity contribution < 1.29 is 14.3 Å². The Bertz CT molecular complexity index is 233. The Hall–Kier alpha value is -1.14. The Kier molecular flexibility index (Phi) is 7.49. The Morgan fingerprint density at radius 3 is 2.62 bits per heavy atom. The molecule has 1 atom stereocenters. The van der Waals surface area contributed by atoms with Gasteiger partial charge in [-0.25, -0.2) is 0 Å². The Morgan fingerprint density at radius 1 is 1.50 bits per heavy atom. The molecule has 0 rings (SSSR count). The van der Waals surface area contributed by atoms with Crippen LogP contribution >= 0.6 is 0 Å². The quantitative estimate of drug-likeness (QED) is 0.585. The number of nitrogens with zero attached hydrogens (tertiary/aromatic N) is 1. The van der Waals surface area contributed by atoms with Crippen molar-refractivity contribution in [2.24, 2.45) is 5.73 Å². The fraction of sp³-hybridized carbons (Fsp3) is 0.800. The van der Waals surface area contributed by atoms with Gasteiger partial charge >= 0.3 is 0 Å². The lowest BCUT2D eigenvalue weighted by molar-refractivity contribution is -0.136. The highest BCUT2D eigenvalue weighted by Gasteiger charge is 2.19. The molecule has 0 fully saturated rings. The predicted octanol–water partition coefficient (Wildman–Crippen LogP) is -1.06. The Balaban J connectivity index is 3.99. The Labute approximate surface area is 96.1 Å². The van der Waals surface area contributed by atoms with E-state index in [1.807, 2.05) is 6.92 Å². The van der Waals surface area contributed by atoms with Gasteiger partial charge in [-0.2, -0.15) is 0 Å². The number of amides is 2. The third-order valence-corrected chi connectivity index (χ3v) is 1.99. The van der Waals surface area contributed by atoms with E-state index in [0.717, 1.165) is 6.42 Å². The van der Waals surface area contributed by atoms with Gasteiger partial charge in [0.1, 0.15) is 6.04 Å². The van der Waals surface area contributed by atoms with Crippen molar-refractivity contribution in [1.82, 2.24) is 10.2 Å². The zero-order valence-electron chi connectivity index (χ0n) is 10.2. The van der Waals surface area contributed by atoms with Crippen molar-refractivity contribution in [1.29, 1.82) is 0 Å². The predicted molar refractivity (Wildman–Crippen MR) is 60.8 cm³/mol. The molecule has 0 aromatic rings. The molecule has 0 radical (unpaired) electrons. The Morgan fingerprint density at radius 2 is 2.12 bits per heavy atom. The van der Waals surface area contributed by atoms with Gasteiger partial charge in [0.05, 0.1) is 13.2 Å². The summed E-state index contributed by atoms with van der Waals surface area (Å²) in [5.74, 6) is -0.476. The summed E-state index contributed by atoms with van der Waals surface area (Å²) in [4.78, 5) is 24.2. The lowest BCUT2D eigenvalue weighted by Crippen LogP contribution is -2.47. The standard InChI is InChI=1S/C10H21N3O3/c1-4-5-12-9(14)6-13(2)10(15)8(11)7-16-3/h8H,4-7,11H2,1-3H3,(H,12,14). The first-order valence-corrected chi connectivity index (χ1v) is 5.29. The smallest absolute Gasteiger partial charge is 0.242 e. The monoisotopic (exact) mass is 231 g/mol. The molecule has 0 aliphatic carbocycles. The fourth-order valence-electron chi connectivity index (χ4n) is 1.15. The molecule has 0 aliphatic rings. The molecular formula is C10H21N3O3. The van der Waals surface area contributed by atoms with Gasteiger partial charge in [0.2, 0.25) is 11.8 Å². The van der Waals surface area contributed by atoms with Crippen LogP contribution in [0.4, 0.5) is 0 Å². The van der Waals surface area contributed by atoms with E-state index in [0.29, 0.717) is 6.54 Å². The molecule has 0 bridgehead atoms. The van der Waals surface area contributed by atoms with Crippen LogP contribution < -0.4 is 11.1 Å². The molecule has 0 aromatic carbocycles. The van der Waals surface area contributed by atoms with E-state index in [9.17, 15) is 9.59 Å². The first kappa shape index (κ1) is 14.9. The van der Waals surface area contributed by atoms with Crippen LogP contribution in [0.15, 0.2) is 0 Å². The molecule has 2 amide bonds. The van der Waals surface area contributed by atoms with E-state index >= 15 is 0 Å². The van der Waals surface area contributed by atoms with Crippen LogP contribution in [0.2, 0.25) is 0 Å². The number of nitrogens with one attached hydrogen (secondary N) is 1. The van der Waals surface area contributed by atoms with E-state index in [-0.39, 0.29) is 25.0 Å². The summed E-state index contributed by atoms with van der Waals surface area (Å²) < 4.78 is 4.77.